The molecule has 0 bridgehead atoms. The lowest BCUT2D eigenvalue weighted by molar-refractivity contribution is -0.138. The summed E-state index contributed by atoms with van der Waals surface area (Å²) >= 11 is 0. The molecule has 6 heteroatoms. The fourth-order valence-corrected chi connectivity index (χ4v) is 1.38. The number of nitrogens with zero attached hydrogens (tertiary/aromatic N) is 2. The molecule has 0 spiro atoms. The van der Waals surface area contributed by atoms with Gasteiger partial charge in [0.05, 0.1) is 5.69 Å². The number of aryl methyl sites for hydroxylation is 1. The van der Waals surface area contributed by atoms with E-state index in [1.54, 1.807) is 13.1 Å². The van der Waals surface area contributed by atoms with E-state index in [4.69, 9.17) is 5.11 Å². The smallest absolute Gasteiger partial charge is 0.325 e. The predicted molar refractivity (Wildman–Crippen MR) is 66.5 cm³/mol. The summed E-state index contributed by atoms with van der Waals surface area (Å²) < 4.78 is 1.46. The monoisotopic (exact) mass is 253 g/mol. The minimum absolute atomic E-state index is 0.158. The molecular weight excluding hydrogens is 234 g/mol. The Labute approximate surface area is 106 Å². The molecule has 100 valence electrons. The molecule has 0 fully saturated rings. The van der Waals surface area contributed by atoms with Crippen LogP contribution < -0.4 is 5.32 Å². The summed E-state index contributed by atoms with van der Waals surface area (Å²) in [4.78, 5) is 22.6. The third-order valence-electron chi connectivity index (χ3n) is 2.60. The highest BCUT2D eigenvalue weighted by molar-refractivity contribution is 5.95. The first-order valence-corrected chi connectivity index (χ1v) is 5.71. The molecule has 0 aliphatic heterocycles. The molecule has 0 aromatic carbocycles. The van der Waals surface area contributed by atoms with Crippen molar-refractivity contribution < 1.29 is 14.7 Å². The maximum atomic E-state index is 11.9. The number of carbonyl (C=O) groups is 2. The highest BCUT2D eigenvalue weighted by Crippen LogP contribution is 2.21. The van der Waals surface area contributed by atoms with Gasteiger partial charge in [0.2, 0.25) is 0 Å². The summed E-state index contributed by atoms with van der Waals surface area (Å²) in [5.41, 5.74) is 0.987. The lowest BCUT2D eigenvalue weighted by Crippen LogP contribution is -2.39. The molecule has 0 radical (unpaired) electrons. The molecule has 0 aliphatic rings. The summed E-state index contributed by atoms with van der Waals surface area (Å²) in [6.45, 7) is 7.41. The van der Waals surface area contributed by atoms with Gasteiger partial charge in [-0.15, -0.1) is 0 Å². The van der Waals surface area contributed by atoms with E-state index in [0.717, 1.165) is 5.69 Å². The van der Waals surface area contributed by atoms with E-state index in [2.05, 4.69) is 10.4 Å². The fraction of sp³-hybridized carbons (Fsp3) is 0.583. The molecule has 2 N–H and O–H groups in total. The molecule has 1 rings (SSSR count). The number of amides is 1. The molecule has 1 atom stereocenters. The fourth-order valence-electron chi connectivity index (χ4n) is 1.38. The maximum absolute atomic E-state index is 11.9. The number of hydrogen-bond acceptors (Lipinski definition) is 3. The first kappa shape index (κ1) is 14.2. The third-order valence-corrected chi connectivity index (χ3v) is 2.60. The van der Waals surface area contributed by atoms with E-state index >= 15 is 0 Å². The van der Waals surface area contributed by atoms with Crippen LogP contribution in [-0.4, -0.2) is 32.8 Å². The van der Waals surface area contributed by atoms with Gasteiger partial charge in [0, 0.05) is 12.5 Å². The van der Waals surface area contributed by atoms with Gasteiger partial charge in [-0.05, 0) is 13.0 Å². The Bertz CT molecular complexity index is 471. The van der Waals surface area contributed by atoms with Gasteiger partial charge >= 0.3 is 5.97 Å². The van der Waals surface area contributed by atoms with Crippen LogP contribution in [0.4, 0.5) is 0 Å². The molecule has 1 aromatic rings. The Morgan fingerprint density at radius 3 is 2.39 bits per heavy atom. The largest absolute Gasteiger partial charge is 0.480 e. The number of rotatable bonds is 3. The lowest BCUT2D eigenvalue weighted by atomic mass is 9.92. The average Bonchev–Trinajstić information content (AvgIpc) is 2.59. The van der Waals surface area contributed by atoms with Crippen LogP contribution in [0.2, 0.25) is 0 Å². The van der Waals surface area contributed by atoms with E-state index in [-0.39, 0.29) is 5.41 Å². The van der Waals surface area contributed by atoms with Crippen LogP contribution >= 0.6 is 0 Å². The van der Waals surface area contributed by atoms with Crippen LogP contribution in [0.3, 0.4) is 0 Å². The van der Waals surface area contributed by atoms with Gasteiger partial charge in [-0.25, -0.2) is 0 Å². The van der Waals surface area contributed by atoms with Crippen LogP contribution in [-0.2, 0) is 17.3 Å². The third kappa shape index (κ3) is 3.09. The second kappa shape index (κ2) is 4.80. The first-order valence-electron chi connectivity index (χ1n) is 5.71. The van der Waals surface area contributed by atoms with Crippen molar-refractivity contribution in [2.75, 3.05) is 0 Å². The molecule has 0 unspecified atom stereocenters. The van der Waals surface area contributed by atoms with Gasteiger partial charge < -0.3 is 10.4 Å². The summed E-state index contributed by atoms with van der Waals surface area (Å²) in [6, 6.07) is 0.759. The van der Waals surface area contributed by atoms with Gasteiger partial charge in [0.1, 0.15) is 11.7 Å². The van der Waals surface area contributed by atoms with E-state index in [1.165, 1.54) is 11.6 Å². The Kier molecular flexibility index (Phi) is 3.79. The van der Waals surface area contributed by atoms with Crippen molar-refractivity contribution >= 4 is 11.9 Å². The number of carboxylic acids is 1. The zero-order valence-corrected chi connectivity index (χ0v) is 11.3. The summed E-state index contributed by atoms with van der Waals surface area (Å²) in [6.07, 6.45) is 0. The summed E-state index contributed by atoms with van der Waals surface area (Å²) in [5, 5.41) is 15.4. The minimum atomic E-state index is -1.07. The van der Waals surface area contributed by atoms with Crippen molar-refractivity contribution in [1.29, 1.82) is 0 Å². The second-order valence-corrected chi connectivity index (χ2v) is 5.32. The maximum Gasteiger partial charge on any atom is 0.325 e. The molecule has 18 heavy (non-hydrogen) atoms. The quantitative estimate of drug-likeness (QED) is 0.839. The lowest BCUT2D eigenvalue weighted by Gasteiger charge is -2.13. The standard InChI is InChI=1S/C12H19N3O3/c1-7(11(17)18)13-10(16)8-6-9(12(2,3)4)14-15(8)5/h6-7H,1-5H3,(H,13,16)(H,17,18)/t7-/m1/s1. The highest BCUT2D eigenvalue weighted by Gasteiger charge is 2.23. The SMILES string of the molecule is C[C@@H](NC(=O)c1cc(C(C)(C)C)nn1C)C(=O)O. The number of carboxylic acid groups (broad SMARTS) is 1. The number of aliphatic carboxylic acids is 1. The average molecular weight is 253 g/mol. The van der Waals surface area contributed by atoms with Crippen LogP contribution in [0, 0.1) is 0 Å². The number of nitrogens with one attached hydrogen (secondary N) is 1. The van der Waals surface area contributed by atoms with Crippen molar-refractivity contribution in [3.8, 4) is 0 Å². The van der Waals surface area contributed by atoms with Crippen LogP contribution in [0.15, 0.2) is 6.07 Å². The zero-order chi connectivity index (χ0) is 14.1. The van der Waals surface area contributed by atoms with Crippen molar-refractivity contribution in [2.45, 2.75) is 39.2 Å². The Balaban J connectivity index is 2.94. The second-order valence-electron chi connectivity index (χ2n) is 5.32. The molecule has 0 saturated carbocycles. The minimum Gasteiger partial charge on any atom is -0.480 e. The van der Waals surface area contributed by atoms with Gasteiger partial charge in [0.15, 0.2) is 0 Å². The van der Waals surface area contributed by atoms with Crippen LogP contribution in [0.5, 0.6) is 0 Å². The number of hydrogen-bond donors (Lipinski definition) is 2. The van der Waals surface area contributed by atoms with Crippen LogP contribution in [0.25, 0.3) is 0 Å². The molecule has 0 saturated heterocycles. The zero-order valence-electron chi connectivity index (χ0n) is 11.3. The number of carbonyl (C=O) groups excluding carboxylic acids is 1. The molecule has 1 heterocycles. The predicted octanol–water partition coefficient (Wildman–Crippen LogP) is 0.920. The molecule has 1 aromatic heterocycles. The van der Waals surface area contributed by atoms with Gasteiger partial charge in [-0.1, -0.05) is 20.8 Å². The van der Waals surface area contributed by atoms with Gasteiger partial charge in [-0.3, -0.25) is 14.3 Å². The molecule has 0 aliphatic carbocycles. The van der Waals surface area contributed by atoms with Gasteiger partial charge in [0.25, 0.3) is 5.91 Å². The van der Waals surface area contributed by atoms with E-state index in [9.17, 15) is 9.59 Å². The van der Waals surface area contributed by atoms with Crippen molar-refractivity contribution in [3.63, 3.8) is 0 Å². The van der Waals surface area contributed by atoms with Crippen molar-refractivity contribution in [3.05, 3.63) is 17.5 Å². The van der Waals surface area contributed by atoms with E-state index < -0.39 is 17.9 Å². The summed E-state index contributed by atoms with van der Waals surface area (Å²) in [7, 11) is 1.66. The highest BCUT2D eigenvalue weighted by atomic mass is 16.4. The molecular formula is C12H19N3O3. The number of aromatic nitrogens is 2. The molecule has 6 nitrogen and oxygen atoms in total. The Hall–Kier alpha value is -1.85. The van der Waals surface area contributed by atoms with E-state index in [0.29, 0.717) is 5.69 Å². The van der Waals surface area contributed by atoms with Crippen molar-refractivity contribution in [1.82, 2.24) is 15.1 Å². The van der Waals surface area contributed by atoms with E-state index in [1.807, 2.05) is 20.8 Å². The first-order chi connectivity index (χ1) is 8.12. The molecule has 1 amide bonds. The van der Waals surface area contributed by atoms with Crippen LogP contribution in [0.1, 0.15) is 43.9 Å². The van der Waals surface area contributed by atoms with Crippen molar-refractivity contribution in [2.24, 2.45) is 7.05 Å². The Morgan fingerprint density at radius 1 is 1.44 bits per heavy atom. The van der Waals surface area contributed by atoms with Gasteiger partial charge in [-0.2, -0.15) is 5.10 Å². The Morgan fingerprint density at radius 2 is 2.00 bits per heavy atom. The topological polar surface area (TPSA) is 84.2 Å². The normalized spacial score (nSPS) is 13.2. The summed E-state index contributed by atoms with van der Waals surface area (Å²) in [5.74, 6) is -1.50.